The van der Waals surface area contributed by atoms with Gasteiger partial charge in [-0.1, -0.05) is 56.3 Å². The van der Waals surface area contributed by atoms with E-state index in [0.717, 1.165) is 40.7 Å². The number of likely N-dealkylation sites (N-methyl/N-ethyl adjacent to an activating group) is 1. The third-order valence-electron chi connectivity index (χ3n) is 8.72. The van der Waals surface area contributed by atoms with Gasteiger partial charge >= 0.3 is 0 Å². The van der Waals surface area contributed by atoms with Crippen molar-refractivity contribution < 1.29 is 19.1 Å². The molecule has 2 heterocycles. The fourth-order valence-corrected chi connectivity index (χ4v) is 5.87. The first-order valence-corrected chi connectivity index (χ1v) is 15.9. The molecule has 1 aromatic heterocycles. The number of halogens is 1. The lowest BCUT2D eigenvalue weighted by atomic mass is 9.77. The van der Waals surface area contributed by atoms with Crippen molar-refractivity contribution in [1.82, 2.24) is 31.2 Å². The van der Waals surface area contributed by atoms with E-state index in [1.807, 2.05) is 56.3 Å². The third kappa shape index (κ3) is 8.46. The number of aromatic nitrogens is 2. The Morgan fingerprint density at radius 1 is 1.00 bits per heavy atom. The van der Waals surface area contributed by atoms with Gasteiger partial charge in [0.2, 0.25) is 17.7 Å². The first-order valence-electron chi connectivity index (χ1n) is 15.9. The number of nitrogens with one attached hydrogen (secondary N) is 5. The normalized spacial score (nSPS) is 15.6. The van der Waals surface area contributed by atoms with Crippen molar-refractivity contribution in [2.24, 2.45) is 5.41 Å². The molecule has 254 valence electrons. The molecule has 0 radical (unpaired) electrons. The van der Waals surface area contributed by atoms with Crippen LogP contribution in [0.3, 0.4) is 0 Å². The van der Waals surface area contributed by atoms with E-state index in [4.69, 9.17) is 4.74 Å². The van der Waals surface area contributed by atoms with Gasteiger partial charge in [-0.15, -0.1) is 12.4 Å². The fourth-order valence-electron chi connectivity index (χ4n) is 5.87. The topological polar surface area (TPSA) is 146 Å². The van der Waals surface area contributed by atoms with Gasteiger partial charge < -0.3 is 26.0 Å². The number of imide groups is 1. The highest BCUT2D eigenvalue weighted by atomic mass is 35.5. The Balaban J connectivity index is 0.00000520. The molecule has 0 bridgehead atoms. The molecule has 1 aliphatic heterocycles. The van der Waals surface area contributed by atoms with Crippen molar-refractivity contribution in [1.29, 1.82) is 0 Å². The molecule has 3 atom stereocenters. The first kappa shape index (κ1) is 36.3. The number of rotatable bonds is 12. The maximum atomic E-state index is 13.7. The van der Waals surface area contributed by atoms with E-state index in [9.17, 15) is 14.4 Å². The zero-order valence-electron chi connectivity index (χ0n) is 27.9. The summed E-state index contributed by atoms with van der Waals surface area (Å²) in [4.78, 5) is 48.6. The van der Waals surface area contributed by atoms with E-state index in [-0.39, 0.29) is 18.3 Å². The molecular formula is C36H44ClN7O4. The monoisotopic (exact) mass is 673 g/mol. The SMILES string of the molecule is CN[C@@H](C)C(=O)N[C@H](C(=O)NC(=O)[C@@H]1CCCN1)C(C)(C)Cc1cc2c(Nc3ccc(-c4ccccc4)cc3)ncnc2cc1OC.Cl. The minimum absolute atomic E-state index is 0. The van der Waals surface area contributed by atoms with E-state index in [2.05, 4.69) is 60.8 Å². The number of hydrogen-bond donors (Lipinski definition) is 5. The summed E-state index contributed by atoms with van der Waals surface area (Å²) < 4.78 is 5.78. The molecule has 0 unspecified atom stereocenters. The van der Waals surface area contributed by atoms with Gasteiger partial charge in [0.25, 0.3) is 0 Å². The molecule has 48 heavy (non-hydrogen) atoms. The van der Waals surface area contributed by atoms with Gasteiger partial charge in [0.1, 0.15) is 23.9 Å². The molecule has 0 spiro atoms. The molecule has 0 aliphatic carbocycles. The van der Waals surface area contributed by atoms with Crippen LogP contribution >= 0.6 is 12.4 Å². The minimum Gasteiger partial charge on any atom is -0.496 e. The number of amides is 3. The number of carbonyl (C=O) groups excluding carboxylic acids is 3. The quantitative estimate of drug-likeness (QED) is 0.146. The average molecular weight is 674 g/mol. The fraction of sp³-hybridized carbons (Fsp3) is 0.361. The smallest absolute Gasteiger partial charge is 0.249 e. The third-order valence-corrected chi connectivity index (χ3v) is 8.72. The Kier molecular flexibility index (Phi) is 12.1. The summed E-state index contributed by atoms with van der Waals surface area (Å²) in [5.41, 5.74) is 3.72. The molecular weight excluding hydrogens is 630 g/mol. The van der Waals surface area contributed by atoms with Crippen LogP contribution < -0.4 is 31.3 Å². The highest BCUT2D eigenvalue weighted by molar-refractivity contribution is 6.02. The molecule has 3 amide bonds. The number of ether oxygens (including phenoxy) is 1. The summed E-state index contributed by atoms with van der Waals surface area (Å²) in [6, 6.07) is 20.1. The predicted molar refractivity (Wildman–Crippen MR) is 191 cm³/mol. The highest BCUT2D eigenvalue weighted by Gasteiger charge is 2.39. The second-order valence-electron chi connectivity index (χ2n) is 12.6. The lowest BCUT2D eigenvalue weighted by molar-refractivity contribution is -0.137. The Bertz CT molecular complexity index is 1730. The number of methoxy groups -OCH3 is 1. The highest BCUT2D eigenvalue weighted by Crippen LogP contribution is 2.36. The van der Waals surface area contributed by atoms with E-state index < -0.39 is 35.4 Å². The molecule has 11 nitrogen and oxygen atoms in total. The molecule has 5 rings (SSSR count). The Morgan fingerprint density at radius 2 is 1.71 bits per heavy atom. The molecule has 4 aromatic rings. The van der Waals surface area contributed by atoms with Crippen molar-refractivity contribution in [3.05, 3.63) is 78.6 Å². The summed E-state index contributed by atoms with van der Waals surface area (Å²) in [7, 11) is 3.26. The zero-order valence-corrected chi connectivity index (χ0v) is 28.7. The van der Waals surface area contributed by atoms with Crippen LogP contribution in [0, 0.1) is 5.41 Å². The van der Waals surface area contributed by atoms with Gasteiger partial charge in [0.05, 0.1) is 24.7 Å². The number of benzene rings is 3. The van der Waals surface area contributed by atoms with Crippen LogP contribution in [0.2, 0.25) is 0 Å². The van der Waals surface area contributed by atoms with Gasteiger partial charge in [-0.25, -0.2) is 9.97 Å². The van der Waals surface area contributed by atoms with Crippen LogP contribution in [0.4, 0.5) is 11.5 Å². The number of nitrogens with zero attached hydrogens (tertiary/aromatic N) is 2. The molecule has 1 aliphatic rings. The zero-order chi connectivity index (χ0) is 33.6. The van der Waals surface area contributed by atoms with Crippen LogP contribution in [-0.2, 0) is 20.8 Å². The van der Waals surface area contributed by atoms with Crippen LogP contribution in [0.15, 0.2) is 73.1 Å². The van der Waals surface area contributed by atoms with Crippen molar-refractivity contribution in [2.45, 2.75) is 58.2 Å². The molecule has 1 saturated heterocycles. The van der Waals surface area contributed by atoms with Crippen molar-refractivity contribution >= 4 is 52.5 Å². The maximum absolute atomic E-state index is 13.7. The van der Waals surface area contributed by atoms with Crippen molar-refractivity contribution in [3.63, 3.8) is 0 Å². The lowest BCUT2D eigenvalue weighted by Crippen LogP contribution is -2.59. The van der Waals surface area contributed by atoms with E-state index in [0.29, 0.717) is 29.9 Å². The Labute approximate surface area is 287 Å². The summed E-state index contributed by atoms with van der Waals surface area (Å²) in [5, 5.41) is 15.7. The summed E-state index contributed by atoms with van der Waals surface area (Å²) in [6.07, 6.45) is 3.34. The second kappa shape index (κ2) is 16.0. The average Bonchev–Trinajstić information content (AvgIpc) is 3.63. The molecule has 1 fully saturated rings. The van der Waals surface area contributed by atoms with Gasteiger partial charge in [-0.05, 0) is 80.1 Å². The molecule has 3 aromatic carbocycles. The van der Waals surface area contributed by atoms with Gasteiger partial charge in [0, 0.05) is 17.1 Å². The predicted octanol–water partition coefficient (Wildman–Crippen LogP) is 4.53. The van der Waals surface area contributed by atoms with Gasteiger partial charge in [-0.3, -0.25) is 19.7 Å². The van der Waals surface area contributed by atoms with Crippen molar-refractivity contribution in [3.8, 4) is 16.9 Å². The van der Waals surface area contributed by atoms with E-state index in [1.165, 1.54) is 6.33 Å². The number of fused-ring (bicyclic) bond motifs is 1. The largest absolute Gasteiger partial charge is 0.496 e. The van der Waals surface area contributed by atoms with Crippen molar-refractivity contribution in [2.75, 3.05) is 26.0 Å². The van der Waals surface area contributed by atoms with E-state index >= 15 is 0 Å². The Morgan fingerprint density at radius 3 is 2.35 bits per heavy atom. The standard InChI is InChI=1S/C36H43N7O4.ClH/c1-22(37-4)33(44)42-31(35(46)43-34(45)28-12-9-17-38-28)36(2,3)20-25-18-27-29(19-30(25)47-5)39-21-40-32(27)41-26-15-13-24(14-16-26)23-10-7-6-8-11-23;/h6-8,10-11,13-16,18-19,21-22,28,31,37-38H,9,12,17,20H2,1-5H3,(H,42,44)(H,39,40,41)(H,43,45,46);1H/t22-,28-,31+;/m0./s1. The first-order chi connectivity index (χ1) is 22.6. The van der Waals surface area contributed by atoms with Crippen LogP contribution in [0.1, 0.15) is 39.2 Å². The van der Waals surface area contributed by atoms with Crippen LogP contribution in [0.25, 0.3) is 22.0 Å². The summed E-state index contributed by atoms with van der Waals surface area (Å²) in [6.45, 7) is 6.21. The number of anilines is 2. The van der Waals surface area contributed by atoms with Crippen LogP contribution in [-0.4, -0.2) is 66.5 Å². The maximum Gasteiger partial charge on any atom is 0.249 e. The number of carbonyl (C=O) groups is 3. The number of hydrogen-bond acceptors (Lipinski definition) is 9. The van der Waals surface area contributed by atoms with Gasteiger partial charge in [-0.2, -0.15) is 0 Å². The Hall–Kier alpha value is -4.58. The lowest BCUT2D eigenvalue weighted by Gasteiger charge is -2.35. The van der Waals surface area contributed by atoms with Gasteiger partial charge in [0.15, 0.2) is 0 Å². The minimum atomic E-state index is -1.02. The summed E-state index contributed by atoms with van der Waals surface area (Å²) >= 11 is 0. The van der Waals surface area contributed by atoms with Crippen LogP contribution in [0.5, 0.6) is 5.75 Å². The molecule has 12 heteroatoms. The summed E-state index contributed by atoms with van der Waals surface area (Å²) in [5.74, 6) is -0.102. The van der Waals surface area contributed by atoms with E-state index in [1.54, 1.807) is 21.1 Å². The second-order valence-corrected chi connectivity index (χ2v) is 12.6. The molecule has 0 saturated carbocycles. The molecule has 5 N–H and O–H groups in total.